The van der Waals surface area contributed by atoms with Crippen LogP contribution in [0.2, 0.25) is 0 Å². The molecule has 3 rings (SSSR count). The predicted octanol–water partition coefficient (Wildman–Crippen LogP) is 2.61. The summed E-state index contributed by atoms with van der Waals surface area (Å²) < 4.78 is 0. The molecule has 1 saturated heterocycles. The second-order valence-electron chi connectivity index (χ2n) is 4.63. The van der Waals surface area contributed by atoms with Gasteiger partial charge in [0.25, 0.3) is 0 Å². The van der Waals surface area contributed by atoms with E-state index < -0.39 is 0 Å². The summed E-state index contributed by atoms with van der Waals surface area (Å²) in [6, 6.07) is 7.04. The number of hydrogen-bond donors (Lipinski definition) is 1. The van der Waals surface area contributed by atoms with Gasteiger partial charge in [0.15, 0.2) is 0 Å². The third kappa shape index (κ3) is 2.26. The lowest BCUT2D eigenvalue weighted by Crippen LogP contribution is -2.29. The lowest BCUT2D eigenvalue weighted by Gasteiger charge is -2.19. The Morgan fingerprint density at radius 1 is 1.44 bits per heavy atom. The Labute approximate surface area is 111 Å². The van der Waals surface area contributed by atoms with Gasteiger partial charge in [-0.3, -0.25) is 4.98 Å². The Bertz CT molecular complexity index is 510. The zero-order valence-electron chi connectivity index (χ0n) is 10.5. The fraction of sp³-hybridized carbons (Fsp3) is 0.357. The van der Waals surface area contributed by atoms with Crippen LogP contribution in [0.5, 0.6) is 0 Å². The van der Waals surface area contributed by atoms with E-state index in [2.05, 4.69) is 44.2 Å². The van der Waals surface area contributed by atoms with E-state index in [1.807, 2.05) is 13.2 Å². The number of hydrogen-bond acceptors (Lipinski definition) is 4. The number of thiophene rings is 1. The van der Waals surface area contributed by atoms with Crippen molar-refractivity contribution in [3.8, 4) is 11.3 Å². The minimum Gasteiger partial charge on any atom is -0.370 e. The zero-order valence-corrected chi connectivity index (χ0v) is 11.3. The molecule has 3 nitrogen and oxygen atoms in total. The van der Waals surface area contributed by atoms with Gasteiger partial charge in [-0.25, -0.2) is 0 Å². The molecule has 0 radical (unpaired) electrons. The van der Waals surface area contributed by atoms with Crippen molar-refractivity contribution < 1.29 is 0 Å². The van der Waals surface area contributed by atoms with Gasteiger partial charge < -0.3 is 10.2 Å². The summed E-state index contributed by atoms with van der Waals surface area (Å²) in [7, 11) is 2.04. The van der Waals surface area contributed by atoms with Crippen LogP contribution in [-0.2, 0) is 0 Å². The molecule has 0 amide bonds. The molecule has 1 fully saturated rings. The highest BCUT2D eigenvalue weighted by Gasteiger charge is 2.21. The van der Waals surface area contributed by atoms with Crippen molar-refractivity contribution in [1.29, 1.82) is 0 Å². The molecule has 1 N–H and O–H groups in total. The van der Waals surface area contributed by atoms with Gasteiger partial charge in [0.05, 0.1) is 5.69 Å². The van der Waals surface area contributed by atoms with Gasteiger partial charge in [-0.1, -0.05) is 0 Å². The van der Waals surface area contributed by atoms with Crippen molar-refractivity contribution >= 4 is 17.0 Å². The van der Waals surface area contributed by atoms with Crippen molar-refractivity contribution in [3.63, 3.8) is 0 Å². The number of likely N-dealkylation sites (N-methyl/N-ethyl adjacent to an activating group) is 1. The van der Waals surface area contributed by atoms with E-state index in [9.17, 15) is 0 Å². The Balaban J connectivity index is 1.84. The van der Waals surface area contributed by atoms with Gasteiger partial charge in [0, 0.05) is 42.0 Å². The van der Waals surface area contributed by atoms with Crippen molar-refractivity contribution in [2.45, 2.75) is 12.5 Å². The van der Waals surface area contributed by atoms with Crippen LogP contribution in [0.25, 0.3) is 11.3 Å². The molecule has 4 heteroatoms. The van der Waals surface area contributed by atoms with Gasteiger partial charge in [-0.2, -0.15) is 11.3 Å². The molecule has 0 bridgehead atoms. The SMILES string of the molecule is CNC1CCN(c2ccnc(-c3ccsc3)c2)C1. The number of anilines is 1. The van der Waals surface area contributed by atoms with Gasteiger partial charge >= 0.3 is 0 Å². The highest BCUT2D eigenvalue weighted by atomic mass is 32.1. The molecule has 2 aromatic heterocycles. The Hall–Kier alpha value is -1.39. The van der Waals surface area contributed by atoms with Gasteiger partial charge in [0.2, 0.25) is 0 Å². The maximum Gasteiger partial charge on any atom is 0.0730 e. The normalized spacial score (nSPS) is 19.4. The molecular formula is C14H17N3S. The van der Waals surface area contributed by atoms with Crippen molar-refractivity contribution in [1.82, 2.24) is 10.3 Å². The van der Waals surface area contributed by atoms with E-state index in [0.717, 1.165) is 18.8 Å². The highest BCUT2D eigenvalue weighted by molar-refractivity contribution is 7.08. The molecule has 1 atom stereocenters. The first-order valence-corrected chi connectivity index (χ1v) is 7.22. The smallest absolute Gasteiger partial charge is 0.0730 e. The third-order valence-corrected chi connectivity index (χ3v) is 4.21. The van der Waals surface area contributed by atoms with E-state index in [1.54, 1.807) is 11.3 Å². The standard InChI is InChI=1S/C14H17N3S/c1-15-12-3-6-17(9-12)13-2-5-16-14(8-13)11-4-7-18-10-11/h2,4-5,7-8,10,12,15H,3,6,9H2,1H3. The Morgan fingerprint density at radius 3 is 3.11 bits per heavy atom. The van der Waals surface area contributed by atoms with Gasteiger partial charge in [-0.15, -0.1) is 0 Å². The maximum atomic E-state index is 4.46. The van der Waals surface area contributed by atoms with Crippen LogP contribution in [0.4, 0.5) is 5.69 Å². The molecule has 2 aromatic rings. The largest absolute Gasteiger partial charge is 0.370 e. The topological polar surface area (TPSA) is 28.2 Å². The minimum atomic E-state index is 0.614. The number of aromatic nitrogens is 1. The average molecular weight is 259 g/mol. The summed E-state index contributed by atoms with van der Waals surface area (Å²) in [5.74, 6) is 0. The fourth-order valence-corrected chi connectivity index (χ4v) is 3.06. The average Bonchev–Trinajstić information content (AvgIpc) is 3.10. The van der Waals surface area contributed by atoms with Gasteiger partial charge in [-0.05, 0) is 37.0 Å². The number of nitrogens with one attached hydrogen (secondary N) is 1. The molecule has 18 heavy (non-hydrogen) atoms. The first kappa shape index (κ1) is 11.7. The lowest BCUT2D eigenvalue weighted by molar-refractivity contribution is 0.617. The van der Waals surface area contributed by atoms with Crippen LogP contribution in [0, 0.1) is 0 Å². The van der Waals surface area contributed by atoms with Crippen molar-refractivity contribution in [2.75, 3.05) is 25.0 Å². The second kappa shape index (κ2) is 5.08. The van der Waals surface area contributed by atoms with E-state index in [0.29, 0.717) is 6.04 Å². The summed E-state index contributed by atoms with van der Waals surface area (Å²) in [4.78, 5) is 6.89. The summed E-state index contributed by atoms with van der Waals surface area (Å²) in [6.45, 7) is 2.21. The summed E-state index contributed by atoms with van der Waals surface area (Å²) in [5.41, 5.74) is 3.57. The van der Waals surface area contributed by atoms with Gasteiger partial charge in [0.1, 0.15) is 0 Å². The van der Waals surface area contributed by atoms with Crippen LogP contribution < -0.4 is 10.2 Å². The fourth-order valence-electron chi connectivity index (χ4n) is 2.41. The molecular weight excluding hydrogens is 242 g/mol. The molecule has 0 aromatic carbocycles. The van der Waals surface area contributed by atoms with E-state index >= 15 is 0 Å². The number of rotatable bonds is 3. The van der Waals surface area contributed by atoms with E-state index in [4.69, 9.17) is 0 Å². The molecule has 3 heterocycles. The second-order valence-corrected chi connectivity index (χ2v) is 5.41. The maximum absolute atomic E-state index is 4.46. The quantitative estimate of drug-likeness (QED) is 0.918. The summed E-state index contributed by atoms with van der Waals surface area (Å²) in [6.07, 6.45) is 3.13. The van der Waals surface area contributed by atoms with E-state index in [-0.39, 0.29) is 0 Å². The van der Waals surface area contributed by atoms with E-state index in [1.165, 1.54) is 17.7 Å². The molecule has 1 unspecified atom stereocenters. The third-order valence-electron chi connectivity index (χ3n) is 3.52. The molecule has 1 aliphatic rings. The number of pyridine rings is 1. The monoisotopic (exact) mass is 259 g/mol. The minimum absolute atomic E-state index is 0.614. The van der Waals surface area contributed by atoms with Crippen LogP contribution in [0.3, 0.4) is 0 Å². The number of nitrogens with zero attached hydrogens (tertiary/aromatic N) is 2. The first-order chi connectivity index (χ1) is 8.86. The summed E-state index contributed by atoms with van der Waals surface area (Å²) in [5, 5.41) is 7.59. The Morgan fingerprint density at radius 2 is 2.39 bits per heavy atom. The van der Waals surface area contributed by atoms with Crippen LogP contribution >= 0.6 is 11.3 Å². The van der Waals surface area contributed by atoms with Crippen molar-refractivity contribution in [3.05, 3.63) is 35.2 Å². The summed E-state index contributed by atoms with van der Waals surface area (Å²) >= 11 is 1.71. The Kier molecular flexibility index (Phi) is 3.30. The first-order valence-electron chi connectivity index (χ1n) is 6.27. The zero-order chi connectivity index (χ0) is 12.4. The molecule has 94 valence electrons. The molecule has 0 aliphatic carbocycles. The molecule has 0 saturated carbocycles. The van der Waals surface area contributed by atoms with Crippen LogP contribution in [-0.4, -0.2) is 31.2 Å². The molecule has 1 aliphatic heterocycles. The van der Waals surface area contributed by atoms with Crippen LogP contribution in [0.1, 0.15) is 6.42 Å². The van der Waals surface area contributed by atoms with Crippen molar-refractivity contribution in [2.24, 2.45) is 0 Å². The molecule has 0 spiro atoms. The predicted molar refractivity (Wildman–Crippen MR) is 77.2 cm³/mol. The lowest BCUT2D eigenvalue weighted by atomic mass is 10.2. The van der Waals surface area contributed by atoms with Crippen LogP contribution in [0.15, 0.2) is 35.2 Å². The highest BCUT2D eigenvalue weighted by Crippen LogP contribution is 2.26.